The summed E-state index contributed by atoms with van der Waals surface area (Å²) < 4.78 is 5.48. The molecule has 0 atom stereocenters. The Kier molecular flexibility index (Phi) is 5.19. The summed E-state index contributed by atoms with van der Waals surface area (Å²) in [7, 11) is 0. The molecule has 0 amide bonds. The zero-order valence-electron chi connectivity index (χ0n) is 15.7. The van der Waals surface area contributed by atoms with E-state index in [2.05, 4.69) is 42.0 Å². The lowest BCUT2D eigenvalue weighted by molar-refractivity contribution is 0.361. The zero-order valence-corrected chi connectivity index (χ0v) is 15.7. The molecule has 4 rings (SSSR count). The van der Waals surface area contributed by atoms with E-state index in [9.17, 15) is 0 Å². The SMILES string of the molecule is Cc1cc(Nc2[nH]ncc2C#N)nc(NCc2cc(C3CCCCC3)no2)n1. The molecule has 0 spiro atoms. The molecule has 3 aromatic heterocycles. The second-order valence-corrected chi connectivity index (χ2v) is 7.02. The van der Waals surface area contributed by atoms with Crippen LogP contribution in [-0.2, 0) is 6.54 Å². The van der Waals surface area contributed by atoms with Crippen molar-refractivity contribution in [1.82, 2.24) is 25.3 Å². The Morgan fingerprint density at radius 1 is 1.25 bits per heavy atom. The Balaban J connectivity index is 1.42. The lowest BCUT2D eigenvalue weighted by Gasteiger charge is -2.18. The molecule has 1 saturated carbocycles. The monoisotopic (exact) mass is 378 g/mol. The van der Waals surface area contributed by atoms with Crippen LogP contribution in [0.15, 0.2) is 22.9 Å². The van der Waals surface area contributed by atoms with Crippen LogP contribution in [-0.4, -0.2) is 25.3 Å². The molecule has 3 aromatic rings. The van der Waals surface area contributed by atoms with Crippen molar-refractivity contribution in [2.24, 2.45) is 0 Å². The Labute approximate surface area is 162 Å². The number of aromatic amines is 1. The number of nitrogens with zero attached hydrogens (tertiary/aromatic N) is 5. The number of aromatic nitrogens is 5. The first-order valence-corrected chi connectivity index (χ1v) is 9.47. The normalized spacial score (nSPS) is 14.6. The first-order chi connectivity index (χ1) is 13.7. The fraction of sp³-hybridized carbons (Fsp3) is 0.421. The van der Waals surface area contributed by atoms with Gasteiger partial charge in [0.1, 0.15) is 23.3 Å². The summed E-state index contributed by atoms with van der Waals surface area (Å²) >= 11 is 0. The number of nitriles is 1. The molecular formula is C19H22N8O. The molecule has 3 heterocycles. The van der Waals surface area contributed by atoms with Crippen molar-refractivity contribution in [2.45, 2.75) is 51.5 Å². The van der Waals surface area contributed by atoms with Crippen LogP contribution in [0.2, 0.25) is 0 Å². The van der Waals surface area contributed by atoms with E-state index < -0.39 is 0 Å². The molecule has 0 bridgehead atoms. The van der Waals surface area contributed by atoms with E-state index in [0.717, 1.165) is 17.1 Å². The van der Waals surface area contributed by atoms with Crippen molar-refractivity contribution in [3.8, 4) is 6.07 Å². The molecule has 0 aliphatic heterocycles. The van der Waals surface area contributed by atoms with Gasteiger partial charge in [0.2, 0.25) is 5.95 Å². The van der Waals surface area contributed by atoms with Crippen molar-refractivity contribution in [2.75, 3.05) is 10.6 Å². The number of hydrogen-bond acceptors (Lipinski definition) is 8. The minimum atomic E-state index is 0.419. The Morgan fingerprint density at radius 3 is 2.93 bits per heavy atom. The molecule has 1 aliphatic carbocycles. The molecule has 144 valence electrons. The first-order valence-electron chi connectivity index (χ1n) is 9.47. The minimum absolute atomic E-state index is 0.419. The molecule has 3 N–H and O–H groups in total. The second-order valence-electron chi connectivity index (χ2n) is 7.02. The van der Waals surface area contributed by atoms with Crippen LogP contribution in [0.1, 0.15) is 60.7 Å². The van der Waals surface area contributed by atoms with Gasteiger partial charge in [-0.1, -0.05) is 24.4 Å². The molecule has 0 saturated heterocycles. The number of rotatable bonds is 6. The van der Waals surface area contributed by atoms with Crippen molar-refractivity contribution in [3.05, 3.63) is 41.0 Å². The van der Waals surface area contributed by atoms with Gasteiger partial charge < -0.3 is 15.2 Å². The highest BCUT2D eigenvalue weighted by Gasteiger charge is 2.19. The van der Waals surface area contributed by atoms with E-state index in [1.54, 1.807) is 6.07 Å². The fourth-order valence-corrected chi connectivity index (χ4v) is 3.48. The van der Waals surface area contributed by atoms with Gasteiger partial charge in [0.05, 0.1) is 18.4 Å². The average molecular weight is 378 g/mol. The van der Waals surface area contributed by atoms with Crippen LogP contribution in [0.4, 0.5) is 17.6 Å². The molecule has 9 nitrogen and oxygen atoms in total. The van der Waals surface area contributed by atoms with Gasteiger partial charge in [0.15, 0.2) is 5.76 Å². The average Bonchev–Trinajstić information content (AvgIpc) is 3.36. The number of aryl methyl sites for hydroxylation is 1. The van der Waals surface area contributed by atoms with E-state index in [-0.39, 0.29) is 0 Å². The van der Waals surface area contributed by atoms with E-state index in [4.69, 9.17) is 9.78 Å². The van der Waals surface area contributed by atoms with Gasteiger partial charge in [-0.3, -0.25) is 5.10 Å². The molecule has 9 heteroatoms. The summed E-state index contributed by atoms with van der Waals surface area (Å²) in [4.78, 5) is 8.85. The van der Waals surface area contributed by atoms with Gasteiger partial charge in [0.25, 0.3) is 0 Å². The third kappa shape index (κ3) is 4.11. The maximum Gasteiger partial charge on any atom is 0.225 e. The molecular weight excluding hydrogens is 356 g/mol. The Morgan fingerprint density at radius 2 is 2.11 bits per heavy atom. The third-order valence-electron chi connectivity index (χ3n) is 4.89. The summed E-state index contributed by atoms with van der Waals surface area (Å²) in [6.45, 7) is 2.34. The van der Waals surface area contributed by atoms with E-state index >= 15 is 0 Å². The van der Waals surface area contributed by atoms with Crippen LogP contribution in [0, 0.1) is 18.3 Å². The number of anilines is 3. The number of hydrogen-bond donors (Lipinski definition) is 3. The van der Waals surface area contributed by atoms with Crippen molar-refractivity contribution in [1.29, 1.82) is 5.26 Å². The van der Waals surface area contributed by atoms with Crippen LogP contribution >= 0.6 is 0 Å². The predicted octanol–water partition coefficient (Wildman–Crippen LogP) is 3.77. The standard InChI is InChI=1S/C19H22N8O/c1-12-7-17(24-18-14(9-20)10-22-26-18)25-19(23-12)21-11-15-8-16(27-28-15)13-5-3-2-4-6-13/h7-8,10,13H,2-6,11H2,1H3,(H3,21,22,23,24,25,26). The highest BCUT2D eigenvalue weighted by molar-refractivity contribution is 5.60. The van der Waals surface area contributed by atoms with Gasteiger partial charge in [-0.25, -0.2) is 4.98 Å². The molecule has 28 heavy (non-hydrogen) atoms. The summed E-state index contributed by atoms with van der Waals surface area (Å²) in [5.74, 6) is 2.81. The maximum absolute atomic E-state index is 9.09. The molecule has 1 fully saturated rings. The summed E-state index contributed by atoms with van der Waals surface area (Å²) in [5, 5.41) is 26.2. The summed E-state index contributed by atoms with van der Waals surface area (Å²) in [5.41, 5.74) is 2.26. The van der Waals surface area contributed by atoms with Crippen LogP contribution in [0.25, 0.3) is 0 Å². The van der Waals surface area contributed by atoms with Crippen LogP contribution in [0.3, 0.4) is 0 Å². The predicted molar refractivity (Wildman–Crippen MR) is 103 cm³/mol. The quantitative estimate of drug-likeness (QED) is 0.591. The van der Waals surface area contributed by atoms with E-state index in [0.29, 0.717) is 35.6 Å². The van der Waals surface area contributed by atoms with E-state index in [1.807, 2.05) is 13.0 Å². The minimum Gasteiger partial charge on any atom is -0.359 e. The van der Waals surface area contributed by atoms with Crippen LogP contribution in [0.5, 0.6) is 0 Å². The topological polar surface area (TPSA) is 128 Å². The Hall–Kier alpha value is -3.41. The van der Waals surface area contributed by atoms with Crippen molar-refractivity contribution >= 4 is 17.6 Å². The number of H-pyrrole nitrogens is 1. The molecule has 1 aliphatic rings. The first kappa shape index (κ1) is 18.0. The third-order valence-corrected chi connectivity index (χ3v) is 4.89. The lowest BCUT2D eigenvalue weighted by Crippen LogP contribution is -2.06. The smallest absolute Gasteiger partial charge is 0.225 e. The van der Waals surface area contributed by atoms with E-state index in [1.165, 1.54) is 38.3 Å². The number of nitrogens with one attached hydrogen (secondary N) is 3. The lowest BCUT2D eigenvalue weighted by atomic mass is 9.87. The molecule has 0 aromatic carbocycles. The highest BCUT2D eigenvalue weighted by Crippen LogP contribution is 2.32. The summed E-state index contributed by atoms with van der Waals surface area (Å²) in [6, 6.07) is 5.89. The summed E-state index contributed by atoms with van der Waals surface area (Å²) in [6.07, 6.45) is 7.69. The molecule has 0 radical (unpaired) electrons. The Bertz CT molecular complexity index is 980. The van der Waals surface area contributed by atoms with Gasteiger partial charge in [-0.05, 0) is 19.8 Å². The zero-order chi connectivity index (χ0) is 19.3. The fourth-order valence-electron chi connectivity index (χ4n) is 3.48. The van der Waals surface area contributed by atoms with Gasteiger partial charge in [-0.15, -0.1) is 0 Å². The van der Waals surface area contributed by atoms with Gasteiger partial charge in [-0.2, -0.15) is 15.3 Å². The van der Waals surface area contributed by atoms with Crippen LogP contribution < -0.4 is 10.6 Å². The largest absolute Gasteiger partial charge is 0.359 e. The second kappa shape index (κ2) is 8.08. The molecule has 0 unspecified atom stereocenters. The van der Waals surface area contributed by atoms with Gasteiger partial charge in [0, 0.05) is 23.7 Å². The van der Waals surface area contributed by atoms with Crippen molar-refractivity contribution < 1.29 is 4.52 Å². The van der Waals surface area contributed by atoms with Crippen molar-refractivity contribution in [3.63, 3.8) is 0 Å². The maximum atomic E-state index is 9.09. The van der Waals surface area contributed by atoms with Gasteiger partial charge >= 0.3 is 0 Å². The highest BCUT2D eigenvalue weighted by atomic mass is 16.5.